The molecule has 0 unspecified atom stereocenters. The molecule has 3 aromatic rings. The minimum Gasteiger partial charge on any atom is -0.497 e. The van der Waals surface area contributed by atoms with Crippen molar-refractivity contribution in [1.29, 1.82) is 0 Å². The number of ether oxygens (including phenoxy) is 2. The maximum atomic E-state index is 12.2. The number of benzene rings is 3. The summed E-state index contributed by atoms with van der Waals surface area (Å²) in [6.45, 7) is 3.81. The van der Waals surface area contributed by atoms with Gasteiger partial charge in [0, 0.05) is 17.4 Å². The number of hydrogen-bond donors (Lipinski definition) is 3. The number of carbonyl (C=O) groups excluding carboxylic acids is 3. The summed E-state index contributed by atoms with van der Waals surface area (Å²) in [4.78, 5) is 36.2. The Morgan fingerprint density at radius 2 is 1.57 bits per heavy atom. The molecule has 0 fully saturated rings. The number of nitrogens with zero attached hydrogens (tertiary/aromatic N) is 1. The second-order valence-corrected chi connectivity index (χ2v) is 7.59. The van der Waals surface area contributed by atoms with E-state index in [1.165, 1.54) is 13.3 Å². The fourth-order valence-corrected chi connectivity index (χ4v) is 2.95. The topological polar surface area (TPSA) is 118 Å². The lowest BCUT2D eigenvalue weighted by atomic mass is 10.1. The van der Waals surface area contributed by atoms with E-state index in [-0.39, 0.29) is 12.5 Å². The molecule has 0 aromatic heterocycles. The number of carbonyl (C=O) groups is 3. The number of nitrogens with one attached hydrogen (secondary N) is 3. The van der Waals surface area contributed by atoms with Crippen molar-refractivity contribution in [2.45, 2.75) is 13.8 Å². The van der Waals surface area contributed by atoms with Crippen LogP contribution in [0.15, 0.2) is 71.8 Å². The first-order valence-electron chi connectivity index (χ1n) is 10.7. The summed E-state index contributed by atoms with van der Waals surface area (Å²) in [5.41, 5.74) is 6.12. The quantitative estimate of drug-likeness (QED) is 0.263. The normalized spacial score (nSPS) is 10.5. The van der Waals surface area contributed by atoms with E-state index in [0.717, 1.165) is 11.1 Å². The molecule has 0 radical (unpaired) electrons. The monoisotopic (exact) mass is 474 g/mol. The summed E-state index contributed by atoms with van der Waals surface area (Å²) in [7, 11) is 1.50. The van der Waals surface area contributed by atoms with Crippen molar-refractivity contribution in [3.05, 3.63) is 83.4 Å². The van der Waals surface area contributed by atoms with Gasteiger partial charge in [0.25, 0.3) is 5.91 Å². The molecule has 0 aliphatic heterocycles. The van der Waals surface area contributed by atoms with Gasteiger partial charge in [-0.05, 0) is 66.9 Å². The number of aryl methyl sites for hydroxylation is 2. The molecule has 3 amide bonds. The maximum Gasteiger partial charge on any atom is 0.329 e. The van der Waals surface area contributed by atoms with Gasteiger partial charge < -0.3 is 20.1 Å². The van der Waals surface area contributed by atoms with E-state index in [2.05, 4.69) is 21.2 Å². The van der Waals surface area contributed by atoms with Gasteiger partial charge in [-0.2, -0.15) is 5.10 Å². The Hall–Kier alpha value is -4.66. The van der Waals surface area contributed by atoms with Crippen LogP contribution in [0.5, 0.6) is 11.5 Å². The molecular weight excluding hydrogens is 448 g/mol. The fraction of sp³-hybridized carbons (Fsp3) is 0.154. The number of anilines is 2. The van der Waals surface area contributed by atoms with Gasteiger partial charge in [-0.15, -0.1) is 0 Å². The summed E-state index contributed by atoms with van der Waals surface area (Å²) in [5.74, 6) is -1.10. The van der Waals surface area contributed by atoms with Crippen molar-refractivity contribution in [2.75, 3.05) is 24.4 Å². The summed E-state index contributed by atoms with van der Waals surface area (Å²) < 4.78 is 10.6. The Morgan fingerprint density at radius 1 is 0.829 bits per heavy atom. The first kappa shape index (κ1) is 25.0. The molecule has 0 atom stereocenters. The SMILES string of the molecule is COc1cccc(NC(=O)C(=O)N/N=C\c2cccc(OCC(=O)Nc3ccc(C)c(C)c3)c2)c1. The van der Waals surface area contributed by atoms with Crippen molar-refractivity contribution in [3.63, 3.8) is 0 Å². The summed E-state index contributed by atoms with van der Waals surface area (Å²) in [6.07, 6.45) is 1.36. The zero-order chi connectivity index (χ0) is 25.2. The van der Waals surface area contributed by atoms with Crippen molar-refractivity contribution in [1.82, 2.24) is 5.43 Å². The number of amides is 3. The minimum atomic E-state index is -0.931. The van der Waals surface area contributed by atoms with Gasteiger partial charge in [0.05, 0.1) is 13.3 Å². The molecule has 0 aliphatic rings. The largest absolute Gasteiger partial charge is 0.497 e. The second-order valence-electron chi connectivity index (χ2n) is 7.59. The number of rotatable bonds is 8. The average Bonchev–Trinajstić information content (AvgIpc) is 2.85. The molecule has 3 rings (SSSR count). The van der Waals surface area contributed by atoms with Crippen LogP contribution in [0, 0.1) is 13.8 Å². The van der Waals surface area contributed by atoms with Crippen molar-refractivity contribution in [3.8, 4) is 11.5 Å². The summed E-state index contributed by atoms with van der Waals surface area (Å²) >= 11 is 0. The van der Waals surface area contributed by atoms with Gasteiger partial charge in [-0.25, -0.2) is 5.43 Å². The number of methoxy groups -OCH3 is 1. The van der Waals surface area contributed by atoms with Crippen LogP contribution in [0.2, 0.25) is 0 Å². The van der Waals surface area contributed by atoms with E-state index in [9.17, 15) is 14.4 Å². The molecule has 0 aliphatic carbocycles. The Labute approximate surface area is 203 Å². The fourth-order valence-electron chi connectivity index (χ4n) is 2.95. The van der Waals surface area contributed by atoms with Crippen LogP contribution in [0.4, 0.5) is 11.4 Å². The van der Waals surface area contributed by atoms with E-state index >= 15 is 0 Å². The van der Waals surface area contributed by atoms with Crippen LogP contribution < -0.4 is 25.5 Å². The zero-order valence-electron chi connectivity index (χ0n) is 19.6. The van der Waals surface area contributed by atoms with Crippen molar-refractivity contribution in [2.24, 2.45) is 5.10 Å². The molecule has 3 N–H and O–H groups in total. The van der Waals surface area contributed by atoms with Crippen LogP contribution in [-0.4, -0.2) is 37.7 Å². The van der Waals surface area contributed by atoms with Crippen LogP contribution in [0.1, 0.15) is 16.7 Å². The summed E-state index contributed by atoms with van der Waals surface area (Å²) in [5, 5.41) is 9.06. The molecule has 0 spiro atoms. The Kier molecular flexibility index (Phi) is 8.55. The molecule has 180 valence electrons. The second kappa shape index (κ2) is 12.0. The molecule has 9 heteroatoms. The van der Waals surface area contributed by atoms with Crippen LogP contribution >= 0.6 is 0 Å². The summed E-state index contributed by atoms with van der Waals surface area (Å²) in [6, 6.07) is 19.1. The Bertz CT molecular complexity index is 1260. The highest BCUT2D eigenvalue weighted by Crippen LogP contribution is 2.17. The molecule has 35 heavy (non-hydrogen) atoms. The minimum absolute atomic E-state index is 0.172. The number of hydrazone groups is 1. The third kappa shape index (κ3) is 7.71. The zero-order valence-corrected chi connectivity index (χ0v) is 19.6. The molecule has 0 saturated heterocycles. The Morgan fingerprint density at radius 3 is 2.34 bits per heavy atom. The van der Waals surface area contributed by atoms with Crippen LogP contribution in [0.25, 0.3) is 0 Å². The van der Waals surface area contributed by atoms with Gasteiger partial charge in [0.2, 0.25) is 0 Å². The van der Waals surface area contributed by atoms with E-state index in [0.29, 0.717) is 28.4 Å². The predicted octanol–water partition coefficient (Wildman–Crippen LogP) is 3.42. The Balaban J connectivity index is 1.48. The molecule has 9 nitrogen and oxygen atoms in total. The molecule has 0 saturated carbocycles. The van der Waals surface area contributed by atoms with Crippen LogP contribution in [0.3, 0.4) is 0 Å². The predicted molar refractivity (Wildman–Crippen MR) is 134 cm³/mol. The van der Waals surface area contributed by atoms with Crippen molar-refractivity contribution < 1.29 is 23.9 Å². The van der Waals surface area contributed by atoms with E-state index in [4.69, 9.17) is 9.47 Å². The highest BCUT2D eigenvalue weighted by molar-refractivity contribution is 6.39. The maximum absolute atomic E-state index is 12.2. The van der Waals surface area contributed by atoms with Crippen LogP contribution in [-0.2, 0) is 14.4 Å². The number of hydrogen-bond acceptors (Lipinski definition) is 6. The van der Waals surface area contributed by atoms with E-state index in [1.807, 2.05) is 32.0 Å². The molecule has 0 heterocycles. The van der Waals surface area contributed by atoms with E-state index in [1.54, 1.807) is 48.5 Å². The third-order valence-electron chi connectivity index (χ3n) is 4.93. The standard InChI is InChI=1S/C26H26N4O5/c1-17-10-11-21(12-18(17)2)28-24(31)16-35-23-9-4-6-19(13-23)15-27-30-26(33)25(32)29-20-7-5-8-22(14-20)34-3/h4-15H,16H2,1-3H3,(H,28,31)(H,29,32)(H,30,33)/b27-15-. The molecule has 3 aromatic carbocycles. The van der Waals surface area contributed by atoms with Gasteiger partial charge in [-0.1, -0.05) is 24.3 Å². The van der Waals surface area contributed by atoms with Crippen molar-refractivity contribution >= 4 is 35.3 Å². The molecule has 0 bridgehead atoms. The van der Waals surface area contributed by atoms with E-state index < -0.39 is 11.8 Å². The van der Waals surface area contributed by atoms with Gasteiger partial charge in [0.15, 0.2) is 6.61 Å². The third-order valence-corrected chi connectivity index (χ3v) is 4.93. The average molecular weight is 475 g/mol. The van der Waals surface area contributed by atoms with Gasteiger partial charge >= 0.3 is 11.8 Å². The lowest BCUT2D eigenvalue weighted by Gasteiger charge is -2.09. The molecular formula is C26H26N4O5. The lowest BCUT2D eigenvalue weighted by Crippen LogP contribution is -2.32. The van der Waals surface area contributed by atoms with Gasteiger partial charge in [0.1, 0.15) is 11.5 Å². The first-order chi connectivity index (χ1) is 16.8. The smallest absolute Gasteiger partial charge is 0.329 e. The van der Waals surface area contributed by atoms with Gasteiger partial charge in [-0.3, -0.25) is 14.4 Å². The highest BCUT2D eigenvalue weighted by atomic mass is 16.5. The first-order valence-corrected chi connectivity index (χ1v) is 10.7. The lowest BCUT2D eigenvalue weighted by molar-refractivity contribution is -0.136. The highest BCUT2D eigenvalue weighted by Gasteiger charge is 2.13.